The summed E-state index contributed by atoms with van der Waals surface area (Å²) in [5.41, 5.74) is 4.39. The molecule has 0 aromatic carbocycles. The van der Waals surface area contributed by atoms with Gasteiger partial charge in [-0.15, -0.1) is 0 Å². The van der Waals surface area contributed by atoms with Gasteiger partial charge in [0.1, 0.15) is 0 Å². The van der Waals surface area contributed by atoms with Gasteiger partial charge in [-0.3, -0.25) is 4.79 Å². The fourth-order valence-corrected chi connectivity index (χ4v) is 5.23. The molecule has 2 nitrogen and oxygen atoms in total. The minimum atomic E-state index is 0.354. The number of aromatic nitrogens is 1. The number of Topliss-reactive ketones (excluding diaryl/α,β-unsaturated/α-hetero) is 1. The van der Waals surface area contributed by atoms with E-state index in [-0.39, 0.29) is 0 Å². The van der Waals surface area contributed by atoms with Crippen LogP contribution in [0.4, 0.5) is 0 Å². The van der Waals surface area contributed by atoms with E-state index in [1.54, 1.807) is 0 Å². The summed E-state index contributed by atoms with van der Waals surface area (Å²) in [6.07, 6.45) is 6.58. The van der Waals surface area contributed by atoms with Crippen LogP contribution in [0.2, 0.25) is 0 Å². The lowest BCUT2D eigenvalue weighted by molar-refractivity contribution is 0.0704. The summed E-state index contributed by atoms with van der Waals surface area (Å²) in [5, 5.41) is 0. The Labute approximate surface area is 128 Å². The van der Waals surface area contributed by atoms with E-state index in [9.17, 15) is 4.79 Å². The van der Waals surface area contributed by atoms with Gasteiger partial charge >= 0.3 is 0 Å². The molecule has 21 heavy (non-hydrogen) atoms. The van der Waals surface area contributed by atoms with Gasteiger partial charge in [0, 0.05) is 29.4 Å². The normalized spacial score (nSPS) is 24.9. The number of hydrogen-bond donors (Lipinski definition) is 0. The zero-order valence-corrected chi connectivity index (χ0v) is 14.3. The molecule has 1 aromatic heterocycles. The third kappa shape index (κ3) is 2.69. The van der Waals surface area contributed by atoms with Crippen molar-refractivity contribution in [2.75, 3.05) is 0 Å². The van der Waals surface area contributed by atoms with Crippen molar-refractivity contribution in [2.24, 2.45) is 10.8 Å². The van der Waals surface area contributed by atoms with E-state index in [1.807, 2.05) is 0 Å². The summed E-state index contributed by atoms with van der Waals surface area (Å²) in [6, 6.07) is 2.70. The molecule has 1 aromatic rings. The summed E-state index contributed by atoms with van der Waals surface area (Å²) in [7, 11) is 0. The first kappa shape index (κ1) is 14.9. The van der Waals surface area contributed by atoms with Crippen LogP contribution in [0.3, 0.4) is 0 Å². The average Bonchev–Trinajstić information content (AvgIpc) is 2.62. The predicted octanol–water partition coefficient (Wildman–Crippen LogP) is 5.09. The molecule has 2 aliphatic carbocycles. The van der Waals surface area contributed by atoms with Crippen molar-refractivity contribution >= 4 is 5.78 Å². The zero-order chi connectivity index (χ0) is 15.4. The van der Waals surface area contributed by atoms with E-state index in [0.29, 0.717) is 22.7 Å². The number of carbonyl (C=O) groups is 1. The van der Waals surface area contributed by atoms with E-state index in [1.165, 1.54) is 30.7 Å². The Hall–Kier alpha value is -1.05. The van der Waals surface area contributed by atoms with Crippen LogP contribution in [0.5, 0.6) is 0 Å². The molecule has 0 unspecified atom stereocenters. The molecule has 0 aliphatic heterocycles. The molecule has 0 bridgehead atoms. The van der Waals surface area contributed by atoms with Crippen molar-refractivity contribution in [3.05, 3.63) is 23.0 Å². The number of aryl methyl sites for hydroxylation is 1. The molecular formula is C19H29NO. The number of fused-ring (bicyclic) bond motifs is 1. The standard InChI is InChI=1S/C19H29NO/c1-13-9-15-16(7-6-8-17(15)21)20(13)14-10-18(2,3)12-19(4,5)11-14/h9,14H,6-8,10-12H2,1-5H3. The lowest BCUT2D eigenvalue weighted by Gasteiger charge is -2.46. The smallest absolute Gasteiger partial charge is 0.164 e. The largest absolute Gasteiger partial charge is 0.345 e. The van der Waals surface area contributed by atoms with Crippen molar-refractivity contribution in [1.82, 2.24) is 4.57 Å². The van der Waals surface area contributed by atoms with Crippen LogP contribution in [0, 0.1) is 17.8 Å². The Balaban J connectivity index is 2.02. The first-order valence-corrected chi connectivity index (χ1v) is 8.42. The topological polar surface area (TPSA) is 22.0 Å². The quantitative estimate of drug-likeness (QED) is 0.705. The molecule has 0 spiro atoms. The molecule has 2 heteroatoms. The van der Waals surface area contributed by atoms with E-state index in [0.717, 1.165) is 24.8 Å². The molecule has 0 atom stereocenters. The second kappa shape index (κ2) is 4.72. The maximum absolute atomic E-state index is 12.2. The molecule has 0 N–H and O–H groups in total. The number of nitrogens with zero attached hydrogens (tertiary/aromatic N) is 1. The first-order valence-electron chi connectivity index (χ1n) is 8.42. The maximum atomic E-state index is 12.2. The second-order valence-electron chi connectivity index (χ2n) is 8.86. The van der Waals surface area contributed by atoms with Gasteiger partial charge < -0.3 is 4.57 Å². The summed E-state index contributed by atoms with van der Waals surface area (Å²) >= 11 is 0. The molecule has 0 amide bonds. The van der Waals surface area contributed by atoms with Gasteiger partial charge in [-0.2, -0.15) is 0 Å². The van der Waals surface area contributed by atoms with Gasteiger partial charge in [0.2, 0.25) is 0 Å². The second-order valence-corrected chi connectivity index (χ2v) is 8.86. The Morgan fingerprint density at radius 3 is 2.33 bits per heavy atom. The van der Waals surface area contributed by atoms with Gasteiger partial charge in [-0.25, -0.2) is 0 Å². The molecule has 1 fully saturated rings. The van der Waals surface area contributed by atoms with Crippen molar-refractivity contribution in [3.8, 4) is 0 Å². The monoisotopic (exact) mass is 287 g/mol. The van der Waals surface area contributed by atoms with Crippen LogP contribution in [0.1, 0.15) is 87.6 Å². The summed E-state index contributed by atoms with van der Waals surface area (Å²) < 4.78 is 2.52. The fraction of sp³-hybridized carbons (Fsp3) is 0.737. The van der Waals surface area contributed by atoms with Gasteiger partial charge in [-0.05, 0) is 55.9 Å². The third-order valence-electron chi connectivity index (χ3n) is 5.35. The number of carbonyl (C=O) groups excluding carboxylic acids is 1. The lowest BCUT2D eigenvalue weighted by Crippen LogP contribution is -2.36. The highest BCUT2D eigenvalue weighted by atomic mass is 16.1. The molecule has 2 aliphatic rings. The minimum Gasteiger partial charge on any atom is -0.345 e. The van der Waals surface area contributed by atoms with Crippen LogP contribution < -0.4 is 0 Å². The van der Waals surface area contributed by atoms with Gasteiger partial charge in [0.15, 0.2) is 5.78 Å². The maximum Gasteiger partial charge on any atom is 0.164 e. The average molecular weight is 287 g/mol. The number of ketones is 1. The van der Waals surface area contributed by atoms with Crippen LogP contribution in [0.25, 0.3) is 0 Å². The molecule has 116 valence electrons. The minimum absolute atomic E-state index is 0.354. The molecule has 0 radical (unpaired) electrons. The summed E-state index contributed by atoms with van der Waals surface area (Å²) in [4.78, 5) is 12.2. The van der Waals surface area contributed by atoms with E-state index >= 15 is 0 Å². The van der Waals surface area contributed by atoms with Crippen molar-refractivity contribution in [1.29, 1.82) is 0 Å². The van der Waals surface area contributed by atoms with E-state index in [4.69, 9.17) is 0 Å². The Morgan fingerprint density at radius 1 is 1.10 bits per heavy atom. The first-order chi connectivity index (χ1) is 9.69. The number of rotatable bonds is 1. The van der Waals surface area contributed by atoms with Crippen molar-refractivity contribution in [2.45, 2.75) is 79.2 Å². The molecule has 1 saturated carbocycles. The van der Waals surface area contributed by atoms with Gasteiger partial charge in [0.05, 0.1) is 0 Å². The fourth-order valence-electron chi connectivity index (χ4n) is 5.23. The molecule has 1 heterocycles. The third-order valence-corrected chi connectivity index (χ3v) is 5.35. The van der Waals surface area contributed by atoms with Crippen LogP contribution >= 0.6 is 0 Å². The Bertz CT molecular complexity index is 561. The summed E-state index contributed by atoms with van der Waals surface area (Å²) in [6.45, 7) is 11.8. The van der Waals surface area contributed by atoms with Crippen LogP contribution in [0.15, 0.2) is 6.07 Å². The highest BCUT2D eigenvalue weighted by Gasteiger charge is 2.40. The molecular weight excluding hydrogens is 258 g/mol. The van der Waals surface area contributed by atoms with Crippen LogP contribution in [-0.2, 0) is 6.42 Å². The van der Waals surface area contributed by atoms with Gasteiger partial charge in [-0.1, -0.05) is 27.7 Å². The van der Waals surface area contributed by atoms with E-state index in [2.05, 4.69) is 45.3 Å². The number of hydrogen-bond acceptors (Lipinski definition) is 1. The van der Waals surface area contributed by atoms with E-state index < -0.39 is 0 Å². The van der Waals surface area contributed by atoms with Crippen LogP contribution in [-0.4, -0.2) is 10.4 Å². The SMILES string of the molecule is Cc1cc2c(n1C1CC(C)(C)CC(C)(C)C1)CCCC2=O. The molecule has 0 saturated heterocycles. The lowest BCUT2D eigenvalue weighted by atomic mass is 9.63. The van der Waals surface area contributed by atoms with Gasteiger partial charge in [0.25, 0.3) is 0 Å². The zero-order valence-electron chi connectivity index (χ0n) is 14.3. The summed E-state index contributed by atoms with van der Waals surface area (Å²) in [5.74, 6) is 0.354. The highest BCUT2D eigenvalue weighted by molar-refractivity contribution is 5.98. The van der Waals surface area contributed by atoms with Crippen molar-refractivity contribution < 1.29 is 4.79 Å². The predicted molar refractivity (Wildman–Crippen MR) is 86.9 cm³/mol. The highest BCUT2D eigenvalue weighted by Crippen LogP contribution is 2.51. The van der Waals surface area contributed by atoms with Crippen molar-refractivity contribution in [3.63, 3.8) is 0 Å². The molecule has 3 rings (SSSR count). The Kier molecular flexibility index (Phi) is 3.35. The Morgan fingerprint density at radius 2 is 1.71 bits per heavy atom.